The highest BCUT2D eigenvalue weighted by atomic mass is 16.5. The van der Waals surface area contributed by atoms with Gasteiger partial charge in [-0.15, -0.1) is 0 Å². The van der Waals surface area contributed by atoms with Gasteiger partial charge in [-0.3, -0.25) is 4.98 Å². The summed E-state index contributed by atoms with van der Waals surface area (Å²) >= 11 is 0. The Kier molecular flexibility index (Phi) is 6.03. The van der Waals surface area contributed by atoms with Gasteiger partial charge in [-0.25, -0.2) is 0 Å². The van der Waals surface area contributed by atoms with Gasteiger partial charge in [0.2, 0.25) is 0 Å². The molecule has 0 aliphatic carbocycles. The highest BCUT2D eigenvalue weighted by Gasteiger charge is 2.15. The summed E-state index contributed by atoms with van der Waals surface area (Å²) in [5.74, 6) is 1.30. The molecule has 0 atom stereocenters. The van der Waals surface area contributed by atoms with E-state index in [0.717, 1.165) is 54.1 Å². The monoisotopic (exact) mass is 394 g/mol. The lowest BCUT2D eigenvalue weighted by Crippen LogP contribution is -2.30. The van der Waals surface area contributed by atoms with Crippen LogP contribution in [0.1, 0.15) is 24.0 Å². The molecule has 0 bridgehead atoms. The van der Waals surface area contributed by atoms with E-state index in [-0.39, 0.29) is 0 Å². The number of nitrogens with zero attached hydrogens (tertiary/aromatic N) is 3. The van der Waals surface area contributed by atoms with E-state index in [1.165, 1.54) is 0 Å². The van der Waals surface area contributed by atoms with Crippen LogP contribution >= 0.6 is 0 Å². The van der Waals surface area contributed by atoms with E-state index in [4.69, 9.17) is 20.2 Å². The fourth-order valence-corrected chi connectivity index (χ4v) is 3.66. The summed E-state index contributed by atoms with van der Waals surface area (Å²) in [6, 6.07) is 21.2. The zero-order valence-corrected chi connectivity index (χ0v) is 16.6. The molecule has 2 heterocycles. The summed E-state index contributed by atoms with van der Waals surface area (Å²) in [5, 5.41) is 21.6. The highest BCUT2D eigenvalue weighted by Crippen LogP contribution is 2.33. The quantitative estimate of drug-likeness (QED) is 0.687. The van der Waals surface area contributed by atoms with Crippen molar-refractivity contribution in [1.82, 2.24) is 10.3 Å². The number of hydrogen-bond donors (Lipinski definition) is 1. The molecule has 1 aliphatic rings. The Morgan fingerprint density at radius 1 is 0.900 bits per heavy atom. The van der Waals surface area contributed by atoms with Crippen LogP contribution in [0.25, 0.3) is 22.4 Å². The molecule has 1 N–H and O–H groups in total. The maximum absolute atomic E-state index is 9.11. The summed E-state index contributed by atoms with van der Waals surface area (Å²) in [7, 11) is 0. The molecule has 1 aromatic heterocycles. The van der Waals surface area contributed by atoms with Crippen LogP contribution in [0.15, 0.2) is 60.8 Å². The first kappa shape index (κ1) is 19.6. The van der Waals surface area contributed by atoms with Crippen LogP contribution in [-0.4, -0.2) is 24.7 Å². The Morgan fingerprint density at radius 3 is 2.10 bits per heavy atom. The van der Waals surface area contributed by atoms with Crippen LogP contribution in [0.5, 0.6) is 5.75 Å². The van der Waals surface area contributed by atoms with E-state index in [0.29, 0.717) is 23.7 Å². The molecule has 5 heteroatoms. The van der Waals surface area contributed by atoms with Gasteiger partial charge < -0.3 is 10.1 Å². The molecule has 1 saturated heterocycles. The van der Waals surface area contributed by atoms with Crippen molar-refractivity contribution < 1.29 is 4.74 Å². The molecular weight excluding hydrogens is 372 g/mol. The summed E-state index contributed by atoms with van der Waals surface area (Å²) in [6.07, 6.45) is 4.01. The van der Waals surface area contributed by atoms with E-state index >= 15 is 0 Å². The Labute approximate surface area is 176 Å². The average molecular weight is 394 g/mol. The fraction of sp³-hybridized carbons (Fsp3) is 0.240. The lowest BCUT2D eigenvalue weighted by atomic mass is 9.97. The molecule has 3 aromatic rings. The van der Waals surface area contributed by atoms with Crippen molar-refractivity contribution in [3.8, 4) is 40.3 Å². The van der Waals surface area contributed by atoms with Gasteiger partial charge in [-0.05, 0) is 67.7 Å². The maximum Gasteiger partial charge on any atom is 0.138 e. The molecule has 2 aromatic carbocycles. The third-order valence-electron chi connectivity index (χ3n) is 5.42. The van der Waals surface area contributed by atoms with E-state index in [2.05, 4.69) is 17.5 Å². The van der Waals surface area contributed by atoms with Crippen LogP contribution in [0.4, 0.5) is 0 Å². The third-order valence-corrected chi connectivity index (χ3v) is 5.42. The number of rotatable bonds is 5. The van der Waals surface area contributed by atoms with Gasteiger partial charge in [0, 0.05) is 11.1 Å². The Bertz CT molecular complexity index is 1090. The molecule has 0 amide bonds. The second-order valence-electron chi connectivity index (χ2n) is 7.45. The van der Waals surface area contributed by atoms with Gasteiger partial charge >= 0.3 is 0 Å². The van der Waals surface area contributed by atoms with E-state index in [1.807, 2.05) is 30.3 Å². The standard InChI is InChI=1S/C25H22N4O/c26-14-18-1-5-21(6-2-18)24-13-23(30-17-20-9-11-28-12-10-20)16-29-25(24)22-7-3-19(15-27)4-8-22/h1-8,13,16,20,28H,9-12,17H2. The van der Waals surface area contributed by atoms with Gasteiger partial charge in [0.15, 0.2) is 0 Å². The normalized spacial score (nSPS) is 13.9. The summed E-state index contributed by atoms with van der Waals surface area (Å²) in [5.41, 5.74) is 4.88. The smallest absolute Gasteiger partial charge is 0.138 e. The second-order valence-corrected chi connectivity index (χ2v) is 7.45. The largest absolute Gasteiger partial charge is 0.492 e. The Morgan fingerprint density at radius 2 is 1.50 bits per heavy atom. The summed E-state index contributed by atoms with van der Waals surface area (Å²) < 4.78 is 6.09. The second kappa shape index (κ2) is 9.22. The van der Waals surface area contributed by atoms with Crippen LogP contribution < -0.4 is 10.1 Å². The molecule has 5 nitrogen and oxygen atoms in total. The molecule has 30 heavy (non-hydrogen) atoms. The number of benzene rings is 2. The first-order valence-corrected chi connectivity index (χ1v) is 10.1. The summed E-state index contributed by atoms with van der Waals surface area (Å²) in [4.78, 5) is 4.70. The number of pyridine rings is 1. The zero-order chi connectivity index (χ0) is 20.8. The van der Waals surface area contributed by atoms with E-state index in [1.54, 1.807) is 30.5 Å². The minimum atomic E-state index is 0.558. The molecule has 1 aliphatic heterocycles. The van der Waals surface area contributed by atoms with Crippen molar-refractivity contribution in [1.29, 1.82) is 10.5 Å². The van der Waals surface area contributed by atoms with Crippen molar-refractivity contribution in [3.63, 3.8) is 0 Å². The van der Waals surface area contributed by atoms with Gasteiger partial charge in [0.1, 0.15) is 5.75 Å². The minimum Gasteiger partial charge on any atom is -0.492 e. The molecule has 4 rings (SSSR count). The molecular formula is C25H22N4O. The number of ether oxygens (including phenoxy) is 1. The lowest BCUT2D eigenvalue weighted by Gasteiger charge is -2.22. The number of piperidine rings is 1. The third kappa shape index (κ3) is 4.49. The molecule has 0 radical (unpaired) electrons. The number of nitrogens with one attached hydrogen (secondary N) is 1. The number of hydrogen-bond acceptors (Lipinski definition) is 5. The highest BCUT2D eigenvalue weighted by molar-refractivity contribution is 5.81. The molecule has 148 valence electrons. The average Bonchev–Trinajstić information content (AvgIpc) is 2.83. The van der Waals surface area contributed by atoms with Crippen LogP contribution in [0, 0.1) is 28.6 Å². The Hall–Kier alpha value is -3.67. The van der Waals surface area contributed by atoms with Crippen molar-refractivity contribution in [2.45, 2.75) is 12.8 Å². The van der Waals surface area contributed by atoms with Gasteiger partial charge in [0.05, 0.1) is 41.8 Å². The van der Waals surface area contributed by atoms with Crippen molar-refractivity contribution in [2.75, 3.05) is 19.7 Å². The molecule has 0 saturated carbocycles. The van der Waals surface area contributed by atoms with Gasteiger partial charge in [-0.2, -0.15) is 10.5 Å². The first-order chi connectivity index (χ1) is 14.8. The SMILES string of the molecule is N#Cc1ccc(-c2cc(OCC3CCNCC3)cnc2-c2ccc(C#N)cc2)cc1. The van der Waals surface area contributed by atoms with Crippen LogP contribution in [-0.2, 0) is 0 Å². The Balaban J connectivity index is 1.67. The van der Waals surface area contributed by atoms with Crippen LogP contribution in [0.2, 0.25) is 0 Å². The van der Waals surface area contributed by atoms with Gasteiger partial charge in [0.25, 0.3) is 0 Å². The number of aromatic nitrogens is 1. The first-order valence-electron chi connectivity index (χ1n) is 10.1. The molecule has 0 spiro atoms. The van der Waals surface area contributed by atoms with Crippen molar-refractivity contribution in [2.24, 2.45) is 5.92 Å². The van der Waals surface area contributed by atoms with Gasteiger partial charge in [-0.1, -0.05) is 24.3 Å². The van der Waals surface area contributed by atoms with Crippen LogP contribution in [0.3, 0.4) is 0 Å². The summed E-state index contributed by atoms with van der Waals surface area (Å²) in [6.45, 7) is 2.77. The fourth-order valence-electron chi connectivity index (χ4n) is 3.66. The minimum absolute atomic E-state index is 0.558. The topological polar surface area (TPSA) is 81.7 Å². The van der Waals surface area contributed by atoms with Crippen molar-refractivity contribution in [3.05, 3.63) is 71.9 Å². The molecule has 1 fully saturated rings. The predicted octanol–water partition coefficient (Wildman–Crippen LogP) is 4.54. The van der Waals surface area contributed by atoms with E-state index < -0.39 is 0 Å². The predicted molar refractivity (Wildman–Crippen MR) is 116 cm³/mol. The molecule has 0 unspecified atom stereocenters. The lowest BCUT2D eigenvalue weighted by molar-refractivity contribution is 0.215. The maximum atomic E-state index is 9.11. The van der Waals surface area contributed by atoms with Crippen molar-refractivity contribution >= 4 is 0 Å². The number of nitriles is 2. The van der Waals surface area contributed by atoms with E-state index in [9.17, 15) is 0 Å². The zero-order valence-electron chi connectivity index (χ0n) is 16.6.